The van der Waals surface area contributed by atoms with Crippen LogP contribution in [0, 0.1) is 0 Å². The zero-order valence-corrected chi connectivity index (χ0v) is 12.6. The highest BCUT2D eigenvalue weighted by Gasteiger charge is 2.15. The Morgan fingerprint density at radius 3 is 2.43 bits per heavy atom. The van der Waals surface area contributed by atoms with Crippen LogP contribution in [-0.4, -0.2) is 20.7 Å². The standard InChI is InChI=1S/C17H16N4O2/c1-13(21-12-18-11-19-21)17(22)20-14-7-9-16(10-8-14)23-15-5-3-2-4-6-15/h2-13H,1H3,(H,20,22)/t13-/m1/s1. The van der Waals surface area contributed by atoms with Gasteiger partial charge >= 0.3 is 0 Å². The van der Waals surface area contributed by atoms with E-state index < -0.39 is 6.04 Å². The summed E-state index contributed by atoms with van der Waals surface area (Å²) in [6.45, 7) is 1.76. The van der Waals surface area contributed by atoms with E-state index in [2.05, 4.69) is 15.4 Å². The second kappa shape index (κ2) is 6.74. The van der Waals surface area contributed by atoms with Crippen LogP contribution in [0.3, 0.4) is 0 Å². The Balaban J connectivity index is 1.62. The first-order chi connectivity index (χ1) is 11.2. The summed E-state index contributed by atoms with van der Waals surface area (Å²) in [5.41, 5.74) is 0.697. The Labute approximate surface area is 133 Å². The fourth-order valence-electron chi connectivity index (χ4n) is 2.02. The number of aromatic nitrogens is 3. The number of para-hydroxylation sites is 1. The van der Waals surface area contributed by atoms with Crippen molar-refractivity contribution >= 4 is 11.6 Å². The highest BCUT2D eigenvalue weighted by Crippen LogP contribution is 2.23. The van der Waals surface area contributed by atoms with Crippen molar-refractivity contribution in [3.8, 4) is 11.5 Å². The van der Waals surface area contributed by atoms with E-state index in [1.54, 1.807) is 19.1 Å². The van der Waals surface area contributed by atoms with Gasteiger partial charge < -0.3 is 10.1 Å². The molecule has 3 rings (SSSR count). The molecule has 1 amide bonds. The van der Waals surface area contributed by atoms with Gasteiger partial charge in [-0.1, -0.05) is 18.2 Å². The summed E-state index contributed by atoms with van der Waals surface area (Å²) in [6.07, 6.45) is 2.92. The van der Waals surface area contributed by atoms with Gasteiger partial charge in [0.05, 0.1) is 0 Å². The number of anilines is 1. The smallest absolute Gasteiger partial charge is 0.249 e. The number of amides is 1. The molecule has 0 saturated carbocycles. The molecule has 0 spiro atoms. The number of nitrogens with zero attached hydrogens (tertiary/aromatic N) is 3. The SMILES string of the molecule is C[C@H](C(=O)Nc1ccc(Oc2ccccc2)cc1)n1cncn1. The average Bonchev–Trinajstić information content (AvgIpc) is 3.11. The van der Waals surface area contributed by atoms with Gasteiger partial charge in [0.25, 0.3) is 0 Å². The third-order valence-electron chi connectivity index (χ3n) is 3.31. The van der Waals surface area contributed by atoms with E-state index in [4.69, 9.17) is 4.74 Å². The fraction of sp³-hybridized carbons (Fsp3) is 0.118. The lowest BCUT2D eigenvalue weighted by molar-refractivity contribution is -0.119. The molecule has 1 atom stereocenters. The first-order valence-corrected chi connectivity index (χ1v) is 7.20. The third-order valence-corrected chi connectivity index (χ3v) is 3.31. The molecule has 2 aromatic carbocycles. The minimum absolute atomic E-state index is 0.160. The minimum Gasteiger partial charge on any atom is -0.457 e. The molecule has 0 aliphatic carbocycles. The molecule has 1 heterocycles. The predicted molar refractivity (Wildman–Crippen MR) is 86.3 cm³/mol. The van der Waals surface area contributed by atoms with Crippen molar-refractivity contribution in [1.82, 2.24) is 14.8 Å². The van der Waals surface area contributed by atoms with Crippen molar-refractivity contribution in [3.05, 3.63) is 67.3 Å². The quantitative estimate of drug-likeness (QED) is 0.785. The largest absolute Gasteiger partial charge is 0.457 e. The molecular weight excluding hydrogens is 292 g/mol. The number of nitrogens with one attached hydrogen (secondary N) is 1. The van der Waals surface area contributed by atoms with Crippen molar-refractivity contribution in [2.75, 3.05) is 5.32 Å². The van der Waals surface area contributed by atoms with Crippen LogP contribution in [0.2, 0.25) is 0 Å². The molecule has 0 fully saturated rings. The van der Waals surface area contributed by atoms with Gasteiger partial charge in [-0.15, -0.1) is 0 Å². The lowest BCUT2D eigenvalue weighted by Gasteiger charge is -2.12. The maximum absolute atomic E-state index is 12.2. The van der Waals surface area contributed by atoms with Gasteiger partial charge in [0.15, 0.2) is 0 Å². The summed E-state index contributed by atoms with van der Waals surface area (Å²) in [5.74, 6) is 1.31. The van der Waals surface area contributed by atoms with Crippen molar-refractivity contribution in [2.45, 2.75) is 13.0 Å². The van der Waals surface area contributed by atoms with E-state index in [-0.39, 0.29) is 5.91 Å². The Kier molecular flexibility index (Phi) is 4.33. The van der Waals surface area contributed by atoms with Crippen LogP contribution >= 0.6 is 0 Å². The first-order valence-electron chi connectivity index (χ1n) is 7.20. The molecule has 0 saturated heterocycles. The van der Waals surface area contributed by atoms with E-state index in [0.717, 1.165) is 5.75 Å². The molecule has 116 valence electrons. The van der Waals surface area contributed by atoms with Gasteiger partial charge in [0, 0.05) is 5.69 Å². The second-order valence-electron chi connectivity index (χ2n) is 4.98. The Hall–Kier alpha value is -3.15. The highest BCUT2D eigenvalue weighted by molar-refractivity contribution is 5.93. The second-order valence-corrected chi connectivity index (χ2v) is 4.98. The zero-order chi connectivity index (χ0) is 16.1. The van der Waals surface area contributed by atoms with Crippen molar-refractivity contribution < 1.29 is 9.53 Å². The number of ether oxygens (including phenoxy) is 1. The summed E-state index contributed by atoms with van der Waals surface area (Å²) in [6, 6.07) is 16.3. The fourth-order valence-corrected chi connectivity index (χ4v) is 2.02. The summed E-state index contributed by atoms with van der Waals surface area (Å²) < 4.78 is 7.21. The van der Waals surface area contributed by atoms with Gasteiger partial charge in [-0.2, -0.15) is 5.10 Å². The monoisotopic (exact) mass is 308 g/mol. The highest BCUT2D eigenvalue weighted by atomic mass is 16.5. The van der Waals surface area contributed by atoms with Crippen LogP contribution < -0.4 is 10.1 Å². The van der Waals surface area contributed by atoms with E-state index in [9.17, 15) is 4.79 Å². The molecule has 0 unspecified atom stereocenters. The van der Waals surface area contributed by atoms with Crippen LogP contribution in [0.25, 0.3) is 0 Å². The Morgan fingerprint density at radius 1 is 1.09 bits per heavy atom. The maximum atomic E-state index is 12.2. The molecule has 6 heteroatoms. The third kappa shape index (κ3) is 3.74. The number of rotatable bonds is 5. The number of benzene rings is 2. The summed E-state index contributed by atoms with van der Waals surface area (Å²) in [5, 5.41) is 6.80. The summed E-state index contributed by atoms with van der Waals surface area (Å²) in [4.78, 5) is 16.0. The van der Waals surface area contributed by atoms with Crippen LogP contribution in [0.1, 0.15) is 13.0 Å². The Morgan fingerprint density at radius 2 is 1.78 bits per heavy atom. The van der Waals surface area contributed by atoms with Crippen LogP contribution in [0.4, 0.5) is 5.69 Å². The maximum Gasteiger partial charge on any atom is 0.249 e. The van der Waals surface area contributed by atoms with E-state index in [1.165, 1.54) is 17.3 Å². The Bertz CT molecular complexity index is 755. The van der Waals surface area contributed by atoms with Crippen molar-refractivity contribution in [2.24, 2.45) is 0 Å². The molecule has 1 N–H and O–H groups in total. The predicted octanol–water partition coefficient (Wildman–Crippen LogP) is 3.27. The number of carbonyl (C=O) groups excluding carboxylic acids is 1. The summed E-state index contributed by atoms with van der Waals surface area (Å²) in [7, 11) is 0. The number of hydrogen-bond donors (Lipinski definition) is 1. The number of carbonyl (C=O) groups is 1. The lowest BCUT2D eigenvalue weighted by atomic mass is 10.2. The molecular formula is C17H16N4O2. The minimum atomic E-state index is -0.433. The van der Waals surface area contributed by atoms with Gasteiger partial charge in [0.2, 0.25) is 5.91 Å². The molecule has 0 aliphatic heterocycles. The van der Waals surface area contributed by atoms with Crippen molar-refractivity contribution in [3.63, 3.8) is 0 Å². The van der Waals surface area contributed by atoms with Crippen molar-refractivity contribution in [1.29, 1.82) is 0 Å². The molecule has 0 aliphatic rings. The molecule has 0 radical (unpaired) electrons. The topological polar surface area (TPSA) is 69.0 Å². The summed E-state index contributed by atoms with van der Waals surface area (Å²) >= 11 is 0. The van der Waals surface area contributed by atoms with Gasteiger partial charge in [0.1, 0.15) is 30.2 Å². The van der Waals surface area contributed by atoms with Gasteiger partial charge in [-0.25, -0.2) is 9.67 Å². The molecule has 1 aromatic heterocycles. The van der Waals surface area contributed by atoms with E-state index in [0.29, 0.717) is 11.4 Å². The van der Waals surface area contributed by atoms with E-state index in [1.807, 2.05) is 42.5 Å². The lowest BCUT2D eigenvalue weighted by Crippen LogP contribution is -2.23. The molecule has 6 nitrogen and oxygen atoms in total. The van der Waals surface area contributed by atoms with Gasteiger partial charge in [-0.05, 0) is 43.3 Å². The van der Waals surface area contributed by atoms with Gasteiger partial charge in [-0.3, -0.25) is 4.79 Å². The molecule has 0 bridgehead atoms. The van der Waals surface area contributed by atoms with E-state index >= 15 is 0 Å². The normalized spacial score (nSPS) is 11.7. The molecule has 3 aromatic rings. The van der Waals surface area contributed by atoms with Crippen LogP contribution in [-0.2, 0) is 4.79 Å². The zero-order valence-electron chi connectivity index (χ0n) is 12.6. The average molecular weight is 308 g/mol. The van der Waals surface area contributed by atoms with Crippen LogP contribution in [0.5, 0.6) is 11.5 Å². The van der Waals surface area contributed by atoms with Crippen LogP contribution in [0.15, 0.2) is 67.3 Å². The number of hydrogen-bond acceptors (Lipinski definition) is 4. The molecule has 23 heavy (non-hydrogen) atoms. The first kappa shape index (κ1) is 14.8.